The fraction of sp³-hybridized carbons (Fsp3) is 0.0417. The molecule has 1 heterocycles. The van der Waals surface area contributed by atoms with E-state index in [0.717, 1.165) is 7.11 Å². The molecule has 0 saturated carbocycles. The Labute approximate surface area is 220 Å². The zero-order chi connectivity index (χ0) is 26.7. The third kappa shape index (κ3) is 5.69. The highest BCUT2D eigenvalue weighted by atomic mass is 35.5. The van der Waals surface area contributed by atoms with Crippen molar-refractivity contribution < 1.29 is 27.8 Å². The van der Waals surface area contributed by atoms with Crippen molar-refractivity contribution in [1.29, 1.82) is 0 Å². The molecular formula is C24H17Cl2N3O7S. The van der Waals surface area contributed by atoms with Crippen LogP contribution in [-0.4, -0.2) is 36.6 Å². The Hall–Kier alpha value is -4.06. The Morgan fingerprint density at radius 2 is 1.73 bits per heavy atom. The second-order valence-electron chi connectivity index (χ2n) is 7.41. The van der Waals surface area contributed by atoms with Gasteiger partial charge in [-0.3, -0.25) is 9.52 Å². The molecule has 3 aromatic carbocycles. The molecule has 0 spiro atoms. The Bertz CT molecular complexity index is 1660. The number of aromatic amines is 1. The quantitative estimate of drug-likeness (QED) is 0.272. The van der Waals surface area contributed by atoms with Gasteiger partial charge in [-0.25, -0.2) is 18.2 Å². The number of aromatic hydroxyl groups is 1. The van der Waals surface area contributed by atoms with Crippen LogP contribution in [0.2, 0.25) is 10.0 Å². The number of esters is 1. The van der Waals surface area contributed by atoms with Crippen LogP contribution < -0.4 is 15.0 Å². The monoisotopic (exact) mass is 561 g/mol. The minimum Gasteiger partial charge on any atom is -0.501 e. The van der Waals surface area contributed by atoms with Gasteiger partial charge in [-0.15, -0.1) is 0 Å². The summed E-state index contributed by atoms with van der Waals surface area (Å²) in [6.07, 6.45) is 0. The number of para-hydroxylation sites is 2. The number of carbonyl (C=O) groups excluding carboxylic acids is 1. The highest BCUT2D eigenvalue weighted by Gasteiger charge is 2.21. The van der Waals surface area contributed by atoms with E-state index in [9.17, 15) is 23.1 Å². The molecule has 0 aliphatic carbocycles. The molecule has 0 fully saturated rings. The fourth-order valence-corrected chi connectivity index (χ4v) is 4.67. The molecular weight excluding hydrogens is 545 g/mol. The molecule has 4 aromatic rings. The molecule has 0 amide bonds. The van der Waals surface area contributed by atoms with E-state index in [-0.39, 0.29) is 38.5 Å². The van der Waals surface area contributed by atoms with Crippen molar-refractivity contribution in [1.82, 2.24) is 9.97 Å². The van der Waals surface area contributed by atoms with Crippen LogP contribution >= 0.6 is 23.2 Å². The molecule has 4 rings (SSSR count). The maximum absolute atomic E-state index is 13.1. The van der Waals surface area contributed by atoms with E-state index in [1.165, 1.54) is 36.4 Å². The standard InChI is InChI=1S/C24H17Cl2N3O7S/c1-35-24(32)20-21(30)23(31)28-22(27-20)13-6-9-15(10-7-13)37(33,34)29-17-4-2-3-5-19(17)36-18-11-8-14(25)12-16(18)26/h2-12,29-30H,1H3,(H,27,28,31). The maximum atomic E-state index is 13.1. The molecule has 37 heavy (non-hydrogen) atoms. The molecule has 190 valence electrons. The molecule has 0 aliphatic rings. The number of ether oxygens (including phenoxy) is 2. The summed E-state index contributed by atoms with van der Waals surface area (Å²) in [6.45, 7) is 0. The van der Waals surface area contributed by atoms with Crippen LogP contribution in [0.3, 0.4) is 0 Å². The number of rotatable bonds is 7. The predicted molar refractivity (Wildman–Crippen MR) is 137 cm³/mol. The third-order valence-corrected chi connectivity index (χ3v) is 6.87. The minimum absolute atomic E-state index is 0.0707. The van der Waals surface area contributed by atoms with Gasteiger partial charge < -0.3 is 19.6 Å². The number of nitrogens with one attached hydrogen (secondary N) is 2. The third-order valence-electron chi connectivity index (χ3n) is 4.96. The van der Waals surface area contributed by atoms with Crippen molar-refractivity contribution in [3.05, 3.63) is 92.8 Å². The van der Waals surface area contributed by atoms with Crippen molar-refractivity contribution in [2.75, 3.05) is 11.8 Å². The van der Waals surface area contributed by atoms with Gasteiger partial charge in [-0.05, 0) is 54.6 Å². The number of sulfonamides is 1. The summed E-state index contributed by atoms with van der Waals surface area (Å²) < 4.78 is 38.9. The number of anilines is 1. The van der Waals surface area contributed by atoms with Gasteiger partial charge in [-0.2, -0.15) is 0 Å². The predicted octanol–water partition coefficient (Wildman–Crippen LogP) is 4.83. The van der Waals surface area contributed by atoms with Gasteiger partial charge in [0, 0.05) is 10.6 Å². The second kappa shape index (κ2) is 10.5. The average molecular weight is 562 g/mol. The molecule has 0 aliphatic heterocycles. The van der Waals surface area contributed by atoms with Gasteiger partial charge in [0.15, 0.2) is 11.4 Å². The van der Waals surface area contributed by atoms with Crippen LogP contribution in [-0.2, 0) is 14.8 Å². The van der Waals surface area contributed by atoms with Crippen molar-refractivity contribution in [2.24, 2.45) is 0 Å². The fourth-order valence-electron chi connectivity index (χ4n) is 3.15. The van der Waals surface area contributed by atoms with Crippen molar-refractivity contribution in [3.8, 4) is 28.6 Å². The molecule has 0 atom stereocenters. The average Bonchev–Trinajstić information content (AvgIpc) is 2.87. The van der Waals surface area contributed by atoms with Crippen LogP contribution in [0, 0.1) is 0 Å². The van der Waals surface area contributed by atoms with Gasteiger partial charge in [0.05, 0.1) is 22.7 Å². The lowest BCUT2D eigenvalue weighted by Crippen LogP contribution is -2.16. The lowest BCUT2D eigenvalue weighted by molar-refractivity contribution is 0.0590. The number of benzene rings is 3. The molecule has 3 N–H and O–H groups in total. The summed E-state index contributed by atoms with van der Waals surface area (Å²) in [7, 11) is -3.00. The van der Waals surface area contributed by atoms with Crippen LogP contribution in [0.5, 0.6) is 17.2 Å². The first kappa shape index (κ1) is 26.0. The topological polar surface area (TPSA) is 148 Å². The normalized spacial score (nSPS) is 11.1. The molecule has 0 unspecified atom stereocenters. The lowest BCUT2D eigenvalue weighted by Gasteiger charge is -2.14. The van der Waals surface area contributed by atoms with E-state index in [0.29, 0.717) is 5.02 Å². The molecule has 0 radical (unpaired) electrons. The Morgan fingerprint density at radius 1 is 1.03 bits per heavy atom. The van der Waals surface area contributed by atoms with E-state index >= 15 is 0 Å². The van der Waals surface area contributed by atoms with Crippen molar-refractivity contribution >= 4 is 44.9 Å². The van der Waals surface area contributed by atoms with Gasteiger partial charge in [0.1, 0.15) is 11.6 Å². The highest BCUT2D eigenvalue weighted by Crippen LogP contribution is 2.36. The number of carbonyl (C=O) groups is 1. The number of hydrogen-bond acceptors (Lipinski definition) is 8. The maximum Gasteiger partial charge on any atom is 0.360 e. The first-order chi connectivity index (χ1) is 17.6. The molecule has 1 aromatic heterocycles. The highest BCUT2D eigenvalue weighted by molar-refractivity contribution is 7.92. The molecule has 10 nitrogen and oxygen atoms in total. The van der Waals surface area contributed by atoms with E-state index in [1.54, 1.807) is 30.3 Å². The molecule has 0 bridgehead atoms. The lowest BCUT2D eigenvalue weighted by atomic mass is 10.2. The smallest absolute Gasteiger partial charge is 0.360 e. The van der Waals surface area contributed by atoms with Gasteiger partial charge in [-0.1, -0.05) is 35.3 Å². The van der Waals surface area contributed by atoms with Crippen molar-refractivity contribution in [3.63, 3.8) is 0 Å². The van der Waals surface area contributed by atoms with E-state index in [2.05, 4.69) is 19.4 Å². The number of aromatic nitrogens is 2. The summed E-state index contributed by atoms with van der Waals surface area (Å²) in [5.74, 6) is -1.48. The largest absolute Gasteiger partial charge is 0.501 e. The zero-order valence-corrected chi connectivity index (χ0v) is 21.2. The van der Waals surface area contributed by atoms with Crippen molar-refractivity contribution in [2.45, 2.75) is 4.90 Å². The Kier molecular flexibility index (Phi) is 7.39. The second-order valence-corrected chi connectivity index (χ2v) is 9.93. The van der Waals surface area contributed by atoms with Gasteiger partial charge >= 0.3 is 5.97 Å². The van der Waals surface area contributed by atoms with Gasteiger partial charge in [0.25, 0.3) is 15.6 Å². The first-order valence-corrected chi connectivity index (χ1v) is 12.6. The Balaban J connectivity index is 1.61. The number of nitrogens with zero attached hydrogens (tertiary/aromatic N) is 1. The van der Waals surface area contributed by atoms with E-state index < -0.39 is 33.0 Å². The van der Waals surface area contributed by atoms with Crippen LogP contribution in [0.1, 0.15) is 10.5 Å². The molecule has 0 saturated heterocycles. The summed E-state index contributed by atoms with van der Waals surface area (Å²) in [5.41, 5.74) is -1.09. The van der Waals surface area contributed by atoms with Crippen LogP contribution in [0.4, 0.5) is 5.69 Å². The number of hydrogen-bond donors (Lipinski definition) is 3. The summed E-state index contributed by atoms with van der Waals surface area (Å²) >= 11 is 12.1. The summed E-state index contributed by atoms with van der Waals surface area (Å²) in [4.78, 5) is 29.9. The summed E-state index contributed by atoms with van der Waals surface area (Å²) in [6, 6.07) is 16.3. The number of halogens is 2. The number of H-pyrrole nitrogens is 1. The first-order valence-electron chi connectivity index (χ1n) is 10.4. The summed E-state index contributed by atoms with van der Waals surface area (Å²) in [5, 5.41) is 10.5. The SMILES string of the molecule is COC(=O)c1nc(-c2ccc(S(=O)(=O)Nc3ccccc3Oc3ccc(Cl)cc3Cl)cc2)[nH]c(=O)c1O. The zero-order valence-electron chi connectivity index (χ0n) is 18.9. The minimum atomic E-state index is -4.07. The van der Waals surface area contributed by atoms with E-state index in [1.807, 2.05) is 0 Å². The number of methoxy groups -OCH3 is 1. The van der Waals surface area contributed by atoms with Crippen LogP contribution in [0.15, 0.2) is 76.4 Å². The molecule has 13 heteroatoms. The van der Waals surface area contributed by atoms with Crippen LogP contribution in [0.25, 0.3) is 11.4 Å². The van der Waals surface area contributed by atoms with Gasteiger partial charge in [0.2, 0.25) is 5.75 Å². The van der Waals surface area contributed by atoms with E-state index in [4.69, 9.17) is 27.9 Å². The Morgan fingerprint density at radius 3 is 2.41 bits per heavy atom.